The molecule has 0 aromatic heterocycles. The van der Waals surface area contributed by atoms with Gasteiger partial charge in [0.05, 0.1) is 5.92 Å². The van der Waals surface area contributed by atoms with E-state index < -0.39 is 17.5 Å². The molecule has 8 heteroatoms. The predicted octanol–water partition coefficient (Wildman–Crippen LogP) is 1.88. The van der Waals surface area contributed by atoms with E-state index in [1.807, 2.05) is 20.8 Å². The summed E-state index contributed by atoms with van der Waals surface area (Å²) in [6.07, 6.45) is 1.37. The Bertz CT molecular complexity index is 481. The molecule has 2 N–H and O–H groups in total. The number of likely N-dealkylation sites (tertiary alicyclic amines) is 1. The van der Waals surface area contributed by atoms with E-state index in [1.54, 1.807) is 12.0 Å². The first-order valence-electron chi connectivity index (χ1n) is 9.10. The van der Waals surface area contributed by atoms with Crippen LogP contribution < -0.4 is 5.32 Å². The lowest BCUT2D eigenvalue weighted by Gasteiger charge is -2.35. The molecule has 2 amide bonds. The number of carbonyl (C=O) groups is 3. The number of rotatable bonds is 8. The fraction of sp³-hybridized carbons (Fsp3) is 0.833. The summed E-state index contributed by atoms with van der Waals surface area (Å²) >= 11 is 0. The van der Waals surface area contributed by atoms with Crippen LogP contribution in [0.5, 0.6) is 0 Å². The summed E-state index contributed by atoms with van der Waals surface area (Å²) in [7, 11) is 1.59. The summed E-state index contributed by atoms with van der Waals surface area (Å²) in [5, 5.41) is 12.2. The van der Waals surface area contributed by atoms with Gasteiger partial charge in [0.25, 0.3) is 0 Å². The molecular weight excluding hydrogens is 340 g/mol. The van der Waals surface area contributed by atoms with Gasteiger partial charge in [0.1, 0.15) is 5.60 Å². The third kappa shape index (κ3) is 8.03. The second-order valence-corrected chi connectivity index (χ2v) is 7.65. The molecular formula is C18H32N2O6. The van der Waals surface area contributed by atoms with Gasteiger partial charge in [-0.25, -0.2) is 4.79 Å². The summed E-state index contributed by atoms with van der Waals surface area (Å²) in [5.74, 6) is -2.09. The fourth-order valence-corrected chi connectivity index (χ4v) is 2.98. The topological polar surface area (TPSA) is 105 Å². The highest BCUT2D eigenvalue weighted by Gasteiger charge is 2.35. The Morgan fingerprint density at radius 2 is 1.85 bits per heavy atom. The van der Waals surface area contributed by atoms with Crippen LogP contribution in [-0.2, 0) is 19.1 Å². The van der Waals surface area contributed by atoms with Crippen LogP contribution >= 0.6 is 0 Å². The van der Waals surface area contributed by atoms with Crippen molar-refractivity contribution in [2.45, 2.75) is 52.1 Å². The molecule has 1 rings (SSSR count). The number of ether oxygens (including phenoxy) is 2. The number of carboxylic acid groups (broad SMARTS) is 1. The SMILES string of the molecule is COCCCNC(=O)CC(C(=O)O)C1CCN(C(=O)OC(C)(C)C)CC1. The number of hydrogen-bond donors (Lipinski definition) is 2. The molecule has 150 valence electrons. The summed E-state index contributed by atoms with van der Waals surface area (Å²) < 4.78 is 10.3. The van der Waals surface area contributed by atoms with E-state index in [-0.39, 0.29) is 24.3 Å². The second-order valence-electron chi connectivity index (χ2n) is 7.65. The molecule has 1 atom stereocenters. The number of piperidine rings is 1. The third-order valence-electron chi connectivity index (χ3n) is 4.33. The van der Waals surface area contributed by atoms with Crippen LogP contribution in [-0.4, -0.2) is 66.9 Å². The zero-order chi connectivity index (χ0) is 19.7. The van der Waals surface area contributed by atoms with Crippen molar-refractivity contribution in [3.05, 3.63) is 0 Å². The molecule has 1 aliphatic rings. The van der Waals surface area contributed by atoms with Crippen LogP contribution in [0.1, 0.15) is 46.5 Å². The lowest BCUT2D eigenvalue weighted by atomic mass is 9.82. The summed E-state index contributed by atoms with van der Waals surface area (Å²) in [6.45, 7) is 7.33. The van der Waals surface area contributed by atoms with Gasteiger partial charge < -0.3 is 24.8 Å². The van der Waals surface area contributed by atoms with Crippen molar-refractivity contribution in [3.63, 3.8) is 0 Å². The molecule has 0 aromatic carbocycles. The molecule has 8 nitrogen and oxygen atoms in total. The minimum atomic E-state index is -0.965. The van der Waals surface area contributed by atoms with Crippen molar-refractivity contribution in [1.82, 2.24) is 10.2 Å². The third-order valence-corrected chi connectivity index (χ3v) is 4.33. The molecule has 0 aromatic rings. The number of amides is 2. The van der Waals surface area contributed by atoms with E-state index in [9.17, 15) is 19.5 Å². The average Bonchev–Trinajstić information content (AvgIpc) is 2.55. The van der Waals surface area contributed by atoms with E-state index in [0.717, 1.165) is 0 Å². The van der Waals surface area contributed by atoms with E-state index in [2.05, 4.69) is 5.32 Å². The lowest BCUT2D eigenvalue weighted by Crippen LogP contribution is -2.44. The van der Waals surface area contributed by atoms with E-state index >= 15 is 0 Å². The van der Waals surface area contributed by atoms with Gasteiger partial charge in [-0.3, -0.25) is 9.59 Å². The largest absolute Gasteiger partial charge is 0.481 e. The maximum absolute atomic E-state index is 12.1. The summed E-state index contributed by atoms with van der Waals surface area (Å²) in [5.41, 5.74) is -0.557. The molecule has 1 heterocycles. The monoisotopic (exact) mass is 372 g/mol. The number of nitrogens with zero attached hydrogens (tertiary/aromatic N) is 1. The Labute approximate surface area is 155 Å². The lowest BCUT2D eigenvalue weighted by molar-refractivity contribution is -0.146. The normalized spacial score (nSPS) is 16.8. The zero-order valence-corrected chi connectivity index (χ0v) is 16.2. The molecule has 0 bridgehead atoms. The molecule has 26 heavy (non-hydrogen) atoms. The molecule has 0 saturated carbocycles. The van der Waals surface area contributed by atoms with Crippen LogP contribution in [0, 0.1) is 11.8 Å². The summed E-state index contributed by atoms with van der Waals surface area (Å²) in [4.78, 5) is 37.3. The van der Waals surface area contributed by atoms with Crippen molar-refractivity contribution in [3.8, 4) is 0 Å². The Kier molecular flexibility index (Phi) is 8.84. The number of methoxy groups -OCH3 is 1. The van der Waals surface area contributed by atoms with Crippen LogP contribution in [0.15, 0.2) is 0 Å². The molecule has 0 aliphatic carbocycles. The Morgan fingerprint density at radius 1 is 1.23 bits per heavy atom. The smallest absolute Gasteiger partial charge is 0.410 e. The molecule has 0 radical (unpaired) electrons. The van der Waals surface area contributed by atoms with Gasteiger partial charge in [0.2, 0.25) is 5.91 Å². The minimum Gasteiger partial charge on any atom is -0.481 e. The number of aliphatic carboxylic acids is 1. The van der Waals surface area contributed by atoms with Gasteiger partial charge in [0.15, 0.2) is 0 Å². The van der Waals surface area contributed by atoms with Gasteiger partial charge in [-0.05, 0) is 46.0 Å². The minimum absolute atomic E-state index is 0.0422. The molecule has 1 aliphatic heterocycles. The first-order valence-corrected chi connectivity index (χ1v) is 9.10. The Hall–Kier alpha value is -1.83. The van der Waals surface area contributed by atoms with Crippen molar-refractivity contribution < 1.29 is 29.0 Å². The molecule has 1 fully saturated rings. The quantitative estimate of drug-likeness (QED) is 0.630. The molecule has 1 saturated heterocycles. The van der Waals surface area contributed by atoms with Gasteiger partial charge in [0, 0.05) is 39.8 Å². The zero-order valence-electron chi connectivity index (χ0n) is 16.2. The number of hydrogen-bond acceptors (Lipinski definition) is 5. The highest BCUT2D eigenvalue weighted by atomic mass is 16.6. The van der Waals surface area contributed by atoms with Crippen LogP contribution in [0.2, 0.25) is 0 Å². The van der Waals surface area contributed by atoms with E-state index in [0.29, 0.717) is 45.5 Å². The Morgan fingerprint density at radius 3 is 2.35 bits per heavy atom. The standard InChI is InChI=1S/C18H32N2O6/c1-18(2,3)26-17(24)20-9-6-13(7-10-20)14(16(22)23)12-15(21)19-8-5-11-25-4/h13-14H,5-12H2,1-4H3,(H,19,21)(H,22,23). The van der Waals surface area contributed by atoms with Crippen molar-refractivity contribution >= 4 is 18.0 Å². The van der Waals surface area contributed by atoms with Crippen molar-refractivity contribution in [1.29, 1.82) is 0 Å². The second kappa shape index (κ2) is 10.4. The van der Waals surface area contributed by atoms with Crippen LogP contribution in [0.25, 0.3) is 0 Å². The van der Waals surface area contributed by atoms with Gasteiger partial charge in [-0.2, -0.15) is 0 Å². The van der Waals surface area contributed by atoms with Crippen molar-refractivity contribution in [2.75, 3.05) is 33.4 Å². The Balaban J connectivity index is 2.48. The number of carbonyl (C=O) groups excluding carboxylic acids is 2. The first kappa shape index (κ1) is 22.2. The highest BCUT2D eigenvalue weighted by molar-refractivity contribution is 5.82. The van der Waals surface area contributed by atoms with E-state index in [1.165, 1.54) is 0 Å². The van der Waals surface area contributed by atoms with Gasteiger partial charge in [-0.1, -0.05) is 0 Å². The van der Waals surface area contributed by atoms with E-state index in [4.69, 9.17) is 9.47 Å². The van der Waals surface area contributed by atoms with Crippen molar-refractivity contribution in [2.24, 2.45) is 11.8 Å². The first-order chi connectivity index (χ1) is 12.1. The molecule has 1 unspecified atom stereocenters. The summed E-state index contributed by atoms with van der Waals surface area (Å²) in [6, 6.07) is 0. The maximum Gasteiger partial charge on any atom is 0.410 e. The van der Waals surface area contributed by atoms with Crippen LogP contribution in [0.4, 0.5) is 4.79 Å². The maximum atomic E-state index is 12.1. The average molecular weight is 372 g/mol. The highest BCUT2D eigenvalue weighted by Crippen LogP contribution is 2.28. The van der Waals surface area contributed by atoms with Gasteiger partial charge in [-0.15, -0.1) is 0 Å². The number of carboxylic acids is 1. The van der Waals surface area contributed by atoms with Gasteiger partial charge >= 0.3 is 12.1 Å². The predicted molar refractivity (Wildman–Crippen MR) is 95.8 cm³/mol. The van der Waals surface area contributed by atoms with Crippen LogP contribution in [0.3, 0.4) is 0 Å². The molecule has 0 spiro atoms. The fourth-order valence-electron chi connectivity index (χ4n) is 2.98. The number of nitrogens with one attached hydrogen (secondary N) is 1.